The lowest BCUT2D eigenvalue weighted by Crippen LogP contribution is -2.47. The lowest BCUT2D eigenvalue weighted by atomic mass is 9.96. The molecule has 1 fully saturated rings. The number of aliphatic hydroxyl groups excluding tert-OH is 1. The minimum atomic E-state index is -1.15. The van der Waals surface area contributed by atoms with E-state index < -0.39 is 18.0 Å². The van der Waals surface area contributed by atoms with Gasteiger partial charge < -0.3 is 10.4 Å². The number of rotatable bonds is 2. The molecule has 1 aliphatic rings. The van der Waals surface area contributed by atoms with Crippen LogP contribution in [0.3, 0.4) is 0 Å². The average molecular weight is 214 g/mol. The summed E-state index contributed by atoms with van der Waals surface area (Å²) in [7, 11) is 0. The normalized spacial score (nSPS) is 19.3. The van der Waals surface area contributed by atoms with E-state index in [0.717, 1.165) is 25.7 Å². The van der Waals surface area contributed by atoms with Gasteiger partial charge in [-0.25, -0.2) is 4.79 Å². The lowest BCUT2D eigenvalue weighted by molar-refractivity contribution is -0.127. The second-order valence-corrected chi connectivity index (χ2v) is 3.97. The molecule has 0 aromatic rings. The molecule has 0 unspecified atom stereocenters. The minimum Gasteiger partial charge on any atom is -0.384 e. The summed E-state index contributed by atoms with van der Waals surface area (Å²) in [4.78, 5) is 22.2. The molecule has 1 atom stereocenters. The molecule has 0 radical (unpaired) electrons. The Kier molecular flexibility index (Phi) is 4.55. The van der Waals surface area contributed by atoms with Crippen LogP contribution < -0.4 is 10.6 Å². The first-order valence-electron chi connectivity index (χ1n) is 5.39. The van der Waals surface area contributed by atoms with Crippen molar-refractivity contribution in [1.29, 1.82) is 0 Å². The molecule has 1 saturated carbocycles. The number of carbonyl (C=O) groups is 2. The summed E-state index contributed by atoms with van der Waals surface area (Å²) in [5.74, 6) is -0.664. The first-order valence-corrected chi connectivity index (χ1v) is 5.39. The minimum absolute atomic E-state index is 0.167. The van der Waals surface area contributed by atoms with Gasteiger partial charge in [-0.3, -0.25) is 10.1 Å². The largest absolute Gasteiger partial charge is 0.384 e. The number of aliphatic hydroxyl groups is 1. The fraction of sp³-hybridized carbons (Fsp3) is 0.800. The molecule has 15 heavy (non-hydrogen) atoms. The summed E-state index contributed by atoms with van der Waals surface area (Å²) < 4.78 is 0. The molecule has 1 rings (SSSR count). The molecular weight excluding hydrogens is 196 g/mol. The Morgan fingerprint density at radius 1 is 1.27 bits per heavy atom. The van der Waals surface area contributed by atoms with E-state index in [1.807, 2.05) is 0 Å². The molecule has 5 heteroatoms. The van der Waals surface area contributed by atoms with E-state index in [9.17, 15) is 9.59 Å². The monoisotopic (exact) mass is 214 g/mol. The van der Waals surface area contributed by atoms with Crippen molar-refractivity contribution in [2.24, 2.45) is 0 Å². The van der Waals surface area contributed by atoms with Crippen LogP contribution in [0.5, 0.6) is 0 Å². The fourth-order valence-corrected chi connectivity index (χ4v) is 1.68. The number of amides is 3. The number of urea groups is 1. The highest BCUT2D eigenvalue weighted by molar-refractivity contribution is 5.96. The van der Waals surface area contributed by atoms with Gasteiger partial charge in [0, 0.05) is 6.04 Å². The summed E-state index contributed by atoms with van der Waals surface area (Å²) in [6.45, 7) is 1.32. The van der Waals surface area contributed by atoms with Crippen LogP contribution in [-0.2, 0) is 4.79 Å². The lowest BCUT2D eigenvalue weighted by Gasteiger charge is -2.22. The summed E-state index contributed by atoms with van der Waals surface area (Å²) in [6, 6.07) is -0.339. The van der Waals surface area contributed by atoms with E-state index in [-0.39, 0.29) is 6.04 Å². The van der Waals surface area contributed by atoms with Crippen LogP contribution in [-0.4, -0.2) is 29.2 Å². The first-order chi connectivity index (χ1) is 7.09. The Labute approximate surface area is 89.2 Å². The molecule has 3 amide bonds. The molecule has 0 aliphatic heterocycles. The quantitative estimate of drug-likeness (QED) is 0.627. The highest BCUT2D eigenvalue weighted by Gasteiger charge is 2.18. The zero-order chi connectivity index (χ0) is 11.3. The molecule has 0 heterocycles. The van der Waals surface area contributed by atoms with Crippen LogP contribution >= 0.6 is 0 Å². The molecule has 0 bridgehead atoms. The molecule has 86 valence electrons. The maximum Gasteiger partial charge on any atom is 0.321 e. The maximum absolute atomic E-state index is 11.3. The van der Waals surface area contributed by atoms with Gasteiger partial charge in [-0.2, -0.15) is 0 Å². The van der Waals surface area contributed by atoms with Crippen molar-refractivity contribution >= 4 is 11.9 Å². The van der Waals surface area contributed by atoms with Crippen LogP contribution in [0, 0.1) is 0 Å². The van der Waals surface area contributed by atoms with Gasteiger partial charge >= 0.3 is 6.03 Å². The van der Waals surface area contributed by atoms with Crippen molar-refractivity contribution in [3.8, 4) is 0 Å². The zero-order valence-corrected chi connectivity index (χ0v) is 8.95. The summed E-state index contributed by atoms with van der Waals surface area (Å²) in [5.41, 5.74) is 0. The maximum atomic E-state index is 11.3. The summed E-state index contributed by atoms with van der Waals surface area (Å²) in [5, 5.41) is 13.7. The number of nitrogens with one attached hydrogen (secondary N) is 2. The smallest absolute Gasteiger partial charge is 0.321 e. The van der Waals surface area contributed by atoms with E-state index in [0.29, 0.717) is 0 Å². The molecule has 0 aromatic heterocycles. The molecule has 5 nitrogen and oxygen atoms in total. The van der Waals surface area contributed by atoms with Crippen molar-refractivity contribution in [1.82, 2.24) is 10.6 Å². The third-order valence-corrected chi connectivity index (χ3v) is 2.56. The van der Waals surface area contributed by atoms with E-state index >= 15 is 0 Å². The molecule has 0 spiro atoms. The van der Waals surface area contributed by atoms with Crippen molar-refractivity contribution in [3.63, 3.8) is 0 Å². The Hall–Kier alpha value is -1.10. The van der Waals surface area contributed by atoms with Crippen LogP contribution in [0.25, 0.3) is 0 Å². The van der Waals surface area contributed by atoms with Crippen LogP contribution in [0.4, 0.5) is 4.79 Å². The van der Waals surface area contributed by atoms with Gasteiger partial charge in [0.2, 0.25) is 0 Å². The number of hydrogen-bond donors (Lipinski definition) is 3. The topological polar surface area (TPSA) is 78.4 Å². The van der Waals surface area contributed by atoms with Gasteiger partial charge in [0.05, 0.1) is 0 Å². The fourth-order valence-electron chi connectivity index (χ4n) is 1.68. The molecule has 0 saturated heterocycles. The van der Waals surface area contributed by atoms with E-state index in [1.165, 1.54) is 13.3 Å². The number of carbonyl (C=O) groups excluding carboxylic acids is 2. The van der Waals surface area contributed by atoms with Crippen LogP contribution in [0.2, 0.25) is 0 Å². The van der Waals surface area contributed by atoms with Crippen molar-refractivity contribution < 1.29 is 14.7 Å². The standard InChI is InChI=1S/C10H18N2O3/c1-7(13)9(14)12-10(15)11-8-5-3-2-4-6-8/h7-8,13H,2-6H2,1H3,(H2,11,12,14,15)/t7-/m1/s1. The van der Waals surface area contributed by atoms with E-state index in [4.69, 9.17) is 5.11 Å². The van der Waals surface area contributed by atoms with Gasteiger partial charge in [0.15, 0.2) is 0 Å². The van der Waals surface area contributed by atoms with Gasteiger partial charge in [-0.1, -0.05) is 19.3 Å². The van der Waals surface area contributed by atoms with E-state index in [1.54, 1.807) is 0 Å². The van der Waals surface area contributed by atoms with Gasteiger partial charge in [-0.15, -0.1) is 0 Å². The third kappa shape index (κ3) is 4.29. The zero-order valence-electron chi connectivity index (χ0n) is 8.95. The Morgan fingerprint density at radius 3 is 2.40 bits per heavy atom. The molecule has 0 aromatic carbocycles. The molecule has 3 N–H and O–H groups in total. The Bertz CT molecular complexity index is 235. The molecule has 1 aliphatic carbocycles. The highest BCUT2D eigenvalue weighted by atomic mass is 16.3. The van der Waals surface area contributed by atoms with Gasteiger partial charge in [-0.05, 0) is 19.8 Å². The summed E-state index contributed by atoms with van der Waals surface area (Å²) in [6.07, 6.45) is 4.24. The van der Waals surface area contributed by atoms with Gasteiger partial charge in [0.1, 0.15) is 6.10 Å². The highest BCUT2D eigenvalue weighted by Crippen LogP contribution is 2.16. The van der Waals surface area contributed by atoms with Gasteiger partial charge in [0.25, 0.3) is 5.91 Å². The van der Waals surface area contributed by atoms with Crippen molar-refractivity contribution in [3.05, 3.63) is 0 Å². The second-order valence-electron chi connectivity index (χ2n) is 3.97. The average Bonchev–Trinajstić information content (AvgIpc) is 2.18. The van der Waals surface area contributed by atoms with Crippen molar-refractivity contribution in [2.75, 3.05) is 0 Å². The molecular formula is C10H18N2O3. The third-order valence-electron chi connectivity index (χ3n) is 2.56. The summed E-state index contributed by atoms with van der Waals surface area (Å²) >= 11 is 0. The Morgan fingerprint density at radius 2 is 1.87 bits per heavy atom. The predicted octanol–water partition coefficient (Wildman–Crippen LogP) is 0.526. The first kappa shape index (κ1) is 12.0. The number of imide groups is 1. The predicted molar refractivity (Wildman–Crippen MR) is 55.2 cm³/mol. The Balaban J connectivity index is 2.25. The number of hydrogen-bond acceptors (Lipinski definition) is 3. The second kappa shape index (κ2) is 5.70. The van der Waals surface area contributed by atoms with Crippen LogP contribution in [0.1, 0.15) is 39.0 Å². The van der Waals surface area contributed by atoms with Crippen LogP contribution in [0.15, 0.2) is 0 Å². The van der Waals surface area contributed by atoms with Crippen molar-refractivity contribution in [2.45, 2.75) is 51.2 Å². The van der Waals surface area contributed by atoms with E-state index in [2.05, 4.69) is 10.6 Å². The SMILES string of the molecule is C[C@@H](O)C(=O)NC(=O)NC1CCCCC1.